The summed E-state index contributed by atoms with van der Waals surface area (Å²) >= 11 is 6.05. The number of nitrogens with zero attached hydrogens (tertiary/aromatic N) is 1. The molecule has 1 amide bonds. The van der Waals surface area contributed by atoms with E-state index in [2.05, 4.69) is 10.2 Å². The van der Waals surface area contributed by atoms with Crippen molar-refractivity contribution in [2.45, 2.75) is 25.8 Å². The highest BCUT2D eigenvalue weighted by Gasteiger charge is 2.23. The van der Waals surface area contributed by atoms with Gasteiger partial charge in [-0.3, -0.25) is 14.5 Å². The van der Waals surface area contributed by atoms with Gasteiger partial charge in [0, 0.05) is 36.6 Å². The molecule has 0 aliphatic carbocycles. The molecule has 178 valence electrons. The second-order valence-corrected chi connectivity index (χ2v) is 8.33. The summed E-state index contributed by atoms with van der Waals surface area (Å²) in [5.41, 5.74) is 1.68. The number of benzene rings is 2. The molecular weight excluding hydrogens is 444 g/mol. The van der Waals surface area contributed by atoms with Crippen molar-refractivity contribution in [3.05, 3.63) is 58.6 Å². The highest BCUT2D eigenvalue weighted by molar-refractivity contribution is 6.30. The molecule has 0 bridgehead atoms. The molecule has 1 saturated heterocycles. The van der Waals surface area contributed by atoms with Crippen molar-refractivity contribution in [1.29, 1.82) is 0 Å². The van der Waals surface area contributed by atoms with Crippen LogP contribution in [0.4, 0.5) is 0 Å². The van der Waals surface area contributed by atoms with Gasteiger partial charge in [0.05, 0.1) is 33.0 Å². The molecule has 2 aromatic rings. The fourth-order valence-electron chi connectivity index (χ4n) is 3.75. The van der Waals surface area contributed by atoms with Crippen LogP contribution in [-0.2, 0) is 9.53 Å². The van der Waals surface area contributed by atoms with Crippen molar-refractivity contribution >= 4 is 23.3 Å². The largest absolute Gasteiger partial charge is 0.493 e. The van der Waals surface area contributed by atoms with Crippen molar-refractivity contribution in [3.8, 4) is 11.5 Å². The summed E-state index contributed by atoms with van der Waals surface area (Å²) in [4.78, 5) is 26.3. The number of halogens is 1. The summed E-state index contributed by atoms with van der Waals surface area (Å²) in [6.45, 7) is 5.40. The van der Waals surface area contributed by atoms with Gasteiger partial charge in [-0.2, -0.15) is 0 Å². The van der Waals surface area contributed by atoms with Crippen LogP contribution in [0.25, 0.3) is 0 Å². The average Bonchev–Trinajstić information content (AvgIpc) is 2.83. The van der Waals surface area contributed by atoms with E-state index in [1.54, 1.807) is 18.2 Å². The Morgan fingerprint density at radius 1 is 1.12 bits per heavy atom. The van der Waals surface area contributed by atoms with Crippen LogP contribution in [0.15, 0.2) is 42.5 Å². The molecule has 1 fully saturated rings. The van der Waals surface area contributed by atoms with E-state index in [1.807, 2.05) is 24.3 Å². The summed E-state index contributed by atoms with van der Waals surface area (Å²) < 4.78 is 16.5. The first-order chi connectivity index (χ1) is 16.0. The smallest absolute Gasteiger partial charge is 0.220 e. The van der Waals surface area contributed by atoms with Crippen LogP contribution < -0.4 is 14.8 Å². The number of morpholine rings is 1. The van der Waals surface area contributed by atoms with Crippen LogP contribution in [-0.4, -0.2) is 63.2 Å². The van der Waals surface area contributed by atoms with Gasteiger partial charge in [-0.1, -0.05) is 23.7 Å². The molecule has 0 aromatic heterocycles. The number of rotatable bonds is 11. The zero-order valence-corrected chi connectivity index (χ0v) is 19.9. The van der Waals surface area contributed by atoms with Gasteiger partial charge in [0.2, 0.25) is 5.91 Å². The molecular formula is C25H31ClN2O5. The zero-order chi connectivity index (χ0) is 23.6. The van der Waals surface area contributed by atoms with E-state index < -0.39 is 0 Å². The summed E-state index contributed by atoms with van der Waals surface area (Å²) in [6, 6.07) is 12.9. The fraction of sp³-hybridized carbons (Fsp3) is 0.440. The third-order valence-corrected chi connectivity index (χ3v) is 5.86. The summed E-state index contributed by atoms with van der Waals surface area (Å²) in [6.07, 6.45) is 0.914. The standard InChI is InChI=1S/C25H31ClN2O5/c1-18(29)20-7-10-23(24(16-20)31-2)33-13-3-4-25(30)27-17-22(28-11-14-32-15-12-28)19-5-8-21(26)9-6-19/h5-10,16,22H,3-4,11-15,17H2,1-2H3,(H,27,30). The molecule has 1 heterocycles. The monoisotopic (exact) mass is 474 g/mol. The van der Waals surface area contributed by atoms with Crippen molar-refractivity contribution in [2.24, 2.45) is 0 Å². The molecule has 3 rings (SSSR count). The SMILES string of the molecule is COc1cc(C(C)=O)ccc1OCCCC(=O)NCC(c1ccc(Cl)cc1)N1CCOCC1. The lowest BCUT2D eigenvalue weighted by Crippen LogP contribution is -2.43. The number of methoxy groups -OCH3 is 1. The third kappa shape index (κ3) is 7.45. The number of ether oxygens (including phenoxy) is 3. The number of ketones is 1. The van der Waals surface area contributed by atoms with Crippen LogP contribution in [0, 0.1) is 0 Å². The lowest BCUT2D eigenvalue weighted by molar-refractivity contribution is -0.121. The minimum absolute atomic E-state index is 0.0234. The lowest BCUT2D eigenvalue weighted by Gasteiger charge is -2.35. The number of amides is 1. The van der Waals surface area contributed by atoms with Crippen molar-refractivity contribution < 1.29 is 23.8 Å². The van der Waals surface area contributed by atoms with Gasteiger partial charge < -0.3 is 19.5 Å². The molecule has 33 heavy (non-hydrogen) atoms. The second kappa shape index (κ2) is 12.6. The van der Waals surface area contributed by atoms with E-state index >= 15 is 0 Å². The molecule has 0 radical (unpaired) electrons. The number of hydrogen-bond acceptors (Lipinski definition) is 6. The molecule has 1 aliphatic heterocycles. The first kappa shape index (κ1) is 25.0. The predicted molar refractivity (Wildman–Crippen MR) is 127 cm³/mol. The van der Waals surface area contributed by atoms with E-state index in [4.69, 9.17) is 25.8 Å². The first-order valence-electron chi connectivity index (χ1n) is 11.1. The Balaban J connectivity index is 1.48. The first-order valence-corrected chi connectivity index (χ1v) is 11.5. The van der Waals surface area contributed by atoms with E-state index in [0.717, 1.165) is 18.7 Å². The molecule has 1 atom stereocenters. The van der Waals surface area contributed by atoms with Gasteiger partial charge in [0.1, 0.15) is 0 Å². The molecule has 7 nitrogen and oxygen atoms in total. The fourth-order valence-corrected chi connectivity index (χ4v) is 3.88. The maximum Gasteiger partial charge on any atom is 0.220 e. The molecule has 0 spiro atoms. The number of Topliss-reactive ketones (excluding diaryl/α,β-unsaturated/α-hetero) is 1. The molecule has 0 saturated carbocycles. The van der Waals surface area contributed by atoms with E-state index in [9.17, 15) is 9.59 Å². The van der Waals surface area contributed by atoms with Crippen LogP contribution in [0.2, 0.25) is 5.02 Å². The van der Waals surface area contributed by atoms with Crippen molar-refractivity contribution in [1.82, 2.24) is 10.2 Å². The summed E-state index contributed by atoms with van der Waals surface area (Å²) in [7, 11) is 1.53. The van der Waals surface area contributed by atoms with E-state index in [0.29, 0.717) is 61.3 Å². The second-order valence-electron chi connectivity index (χ2n) is 7.89. The van der Waals surface area contributed by atoms with Crippen LogP contribution >= 0.6 is 11.6 Å². The summed E-state index contributed by atoms with van der Waals surface area (Å²) in [5.74, 6) is 0.997. The molecule has 1 aliphatic rings. The number of nitrogens with one attached hydrogen (secondary N) is 1. The minimum atomic E-state index is -0.0366. The van der Waals surface area contributed by atoms with Gasteiger partial charge in [0.15, 0.2) is 17.3 Å². The third-order valence-electron chi connectivity index (χ3n) is 5.61. The Labute approximate surface area is 200 Å². The Bertz CT molecular complexity index is 929. The van der Waals surface area contributed by atoms with Gasteiger partial charge in [-0.15, -0.1) is 0 Å². The van der Waals surface area contributed by atoms with Gasteiger partial charge in [0.25, 0.3) is 0 Å². The number of hydrogen-bond donors (Lipinski definition) is 1. The molecule has 1 unspecified atom stereocenters. The quantitative estimate of drug-likeness (QED) is 0.393. The highest BCUT2D eigenvalue weighted by Crippen LogP contribution is 2.28. The van der Waals surface area contributed by atoms with Gasteiger partial charge in [-0.05, 0) is 49.2 Å². The van der Waals surface area contributed by atoms with Crippen molar-refractivity contribution in [3.63, 3.8) is 0 Å². The van der Waals surface area contributed by atoms with Gasteiger partial charge >= 0.3 is 0 Å². The Hall–Kier alpha value is -2.61. The lowest BCUT2D eigenvalue weighted by atomic mass is 10.0. The minimum Gasteiger partial charge on any atom is -0.493 e. The number of carbonyl (C=O) groups is 2. The van der Waals surface area contributed by atoms with Crippen LogP contribution in [0.1, 0.15) is 41.7 Å². The molecule has 8 heteroatoms. The normalized spacial score (nSPS) is 15.0. The molecule has 2 aromatic carbocycles. The van der Waals surface area contributed by atoms with E-state index in [-0.39, 0.29) is 17.7 Å². The van der Waals surface area contributed by atoms with Gasteiger partial charge in [-0.25, -0.2) is 0 Å². The average molecular weight is 475 g/mol. The Morgan fingerprint density at radius 2 is 1.85 bits per heavy atom. The predicted octanol–water partition coefficient (Wildman–Crippen LogP) is 3.90. The number of carbonyl (C=O) groups excluding carboxylic acids is 2. The van der Waals surface area contributed by atoms with Crippen LogP contribution in [0.3, 0.4) is 0 Å². The van der Waals surface area contributed by atoms with E-state index in [1.165, 1.54) is 14.0 Å². The maximum absolute atomic E-state index is 12.5. The van der Waals surface area contributed by atoms with Crippen LogP contribution in [0.5, 0.6) is 11.5 Å². The Morgan fingerprint density at radius 3 is 2.52 bits per heavy atom. The summed E-state index contributed by atoms with van der Waals surface area (Å²) in [5, 5.41) is 3.75. The zero-order valence-electron chi connectivity index (χ0n) is 19.1. The highest BCUT2D eigenvalue weighted by atomic mass is 35.5. The van der Waals surface area contributed by atoms with Crippen molar-refractivity contribution in [2.75, 3.05) is 46.6 Å². The maximum atomic E-state index is 12.5. The Kier molecular flexibility index (Phi) is 9.54. The topological polar surface area (TPSA) is 77.1 Å². The molecule has 1 N–H and O–H groups in total.